The van der Waals surface area contributed by atoms with Gasteiger partial charge in [-0.2, -0.15) is 4.98 Å². The van der Waals surface area contributed by atoms with Crippen LogP contribution in [0, 0.1) is 0 Å². The second-order valence-corrected chi connectivity index (χ2v) is 4.60. The minimum absolute atomic E-state index is 0.0251. The van der Waals surface area contributed by atoms with Gasteiger partial charge in [0.2, 0.25) is 11.8 Å². The molecule has 0 bridgehead atoms. The second kappa shape index (κ2) is 5.57. The minimum atomic E-state index is -0.526. The highest BCUT2D eigenvalue weighted by Crippen LogP contribution is 2.19. The average Bonchev–Trinajstić information content (AvgIpc) is 2.36. The van der Waals surface area contributed by atoms with Crippen LogP contribution in [0.25, 0.3) is 5.69 Å². The van der Waals surface area contributed by atoms with E-state index in [2.05, 4.69) is 4.98 Å². The van der Waals surface area contributed by atoms with Gasteiger partial charge in [-0.25, -0.2) is 0 Å². The van der Waals surface area contributed by atoms with Gasteiger partial charge in [0.05, 0.1) is 17.5 Å². The number of rotatable bonds is 4. The summed E-state index contributed by atoms with van der Waals surface area (Å²) in [4.78, 5) is 26.6. The van der Waals surface area contributed by atoms with Gasteiger partial charge in [-0.3, -0.25) is 14.2 Å². The van der Waals surface area contributed by atoms with E-state index >= 15 is 0 Å². The summed E-state index contributed by atoms with van der Waals surface area (Å²) in [5.41, 5.74) is 5.25. The molecule has 0 spiro atoms. The second-order valence-electron chi connectivity index (χ2n) is 3.66. The van der Waals surface area contributed by atoms with E-state index in [1.54, 1.807) is 24.3 Å². The van der Waals surface area contributed by atoms with Crippen molar-refractivity contribution >= 4 is 17.7 Å². The van der Waals surface area contributed by atoms with Gasteiger partial charge < -0.3 is 10.8 Å². The maximum atomic E-state index is 11.9. The highest BCUT2D eigenvalue weighted by molar-refractivity contribution is 7.99. The van der Waals surface area contributed by atoms with Gasteiger partial charge in [0.1, 0.15) is 0 Å². The molecule has 2 rings (SSSR count). The van der Waals surface area contributed by atoms with E-state index in [1.165, 1.54) is 4.57 Å². The van der Waals surface area contributed by atoms with Gasteiger partial charge in [-0.15, -0.1) is 0 Å². The molecule has 1 amide bonds. The SMILES string of the molecule is NC(=O)CSc1nc(O)cc(=O)n1-c1ccccc1. The van der Waals surface area contributed by atoms with Crippen molar-refractivity contribution in [3.63, 3.8) is 0 Å². The number of amides is 1. The third-order valence-corrected chi connectivity index (χ3v) is 3.19. The highest BCUT2D eigenvalue weighted by Gasteiger charge is 2.11. The zero-order valence-electron chi connectivity index (χ0n) is 9.81. The number of primary amides is 1. The zero-order chi connectivity index (χ0) is 13.8. The third-order valence-electron chi connectivity index (χ3n) is 2.23. The van der Waals surface area contributed by atoms with Crippen LogP contribution in [0.15, 0.2) is 46.3 Å². The Balaban J connectivity index is 2.52. The Labute approximate surface area is 112 Å². The Morgan fingerprint density at radius 3 is 2.68 bits per heavy atom. The molecule has 0 radical (unpaired) electrons. The Morgan fingerprint density at radius 2 is 2.05 bits per heavy atom. The molecule has 3 N–H and O–H groups in total. The summed E-state index contributed by atoms with van der Waals surface area (Å²) in [5, 5.41) is 9.59. The van der Waals surface area contributed by atoms with E-state index in [0.717, 1.165) is 17.8 Å². The minimum Gasteiger partial charge on any atom is -0.493 e. The van der Waals surface area contributed by atoms with Crippen molar-refractivity contribution < 1.29 is 9.90 Å². The number of carbonyl (C=O) groups excluding carboxylic acids is 1. The maximum absolute atomic E-state index is 11.9. The van der Waals surface area contributed by atoms with Crippen molar-refractivity contribution in [1.29, 1.82) is 0 Å². The highest BCUT2D eigenvalue weighted by atomic mass is 32.2. The number of benzene rings is 1. The average molecular weight is 277 g/mol. The summed E-state index contributed by atoms with van der Waals surface area (Å²) in [5.74, 6) is -0.936. The summed E-state index contributed by atoms with van der Waals surface area (Å²) in [7, 11) is 0. The van der Waals surface area contributed by atoms with E-state index < -0.39 is 11.5 Å². The van der Waals surface area contributed by atoms with Crippen molar-refractivity contribution in [2.75, 3.05) is 5.75 Å². The van der Waals surface area contributed by atoms with Crippen LogP contribution in [0.4, 0.5) is 0 Å². The molecule has 0 aliphatic carbocycles. The molecule has 0 fully saturated rings. The first-order valence-corrected chi connectivity index (χ1v) is 6.36. The molecule has 1 aromatic heterocycles. The largest absolute Gasteiger partial charge is 0.493 e. The Hall–Kier alpha value is -2.28. The molecular weight excluding hydrogens is 266 g/mol. The fourth-order valence-corrected chi connectivity index (χ4v) is 2.25. The van der Waals surface area contributed by atoms with Gasteiger partial charge in [-0.1, -0.05) is 30.0 Å². The molecule has 0 unspecified atom stereocenters. The summed E-state index contributed by atoms with van der Waals surface area (Å²) >= 11 is 0.996. The van der Waals surface area contributed by atoms with E-state index in [4.69, 9.17) is 5.73 Å². The number of thioether (sulfide) groups is 1. The Morgan fingerprint density at radius 1 is 1.37 bits per heavy atom. The van der Waals surface area contributed by atoms with E-state index in [0.29, 0.717) is 5.69 Å². The van der Waals surface area contributed by atoms with E-state index in [9.17, 15) is 14.7 Å². The first-order chi connectivity index (χ1) is 9.08. The molecule has 0 aliphatic rings. The van der Waals surface area contributed by atoms with Gasteiger partial charge in [0.25, 0.3) is 5.56 Å². The molecular formula is C12H11N3O3S. The van der Waals surface area contributed by atoms with Gasteiger partial charge in [0, 0.05) is 0 Å². The van der Waals surface area contributed by atoms with Crippen LogP contribution in [0.3, 0.4) is 0 Å². The monoisotopic (exact) mass is 277 g/mol. The smallest absolute Gasteiger partial charge is 0.262 e. The van der Waals surface area contributed by atoms with E-state index in [-0.39, 0.29) is 16.8 Å². The maximum Gasteiger partial charge on any atom is 0.262 e. The molecule has 0 saturated heterocycles. The third kappa shape index (κ3) is 3.14. The number of hydrogen-bond acceptors (Lipinski definition) is 5. The molecule has 6 nitrogen and oxygen atoms in total. The van der Waals surface area contributed by atoms with E-state index in [1.807, 2.05) is 6.07 Å². The molecule has 1 aromatic carbocycles. The predicted molar refractivity (Wildman–Crippen MR) is 71.4 cm³/mol. The van der Waals surface area contributed by atoms with Gasteiger partial charge in [-0.05, 0) is 12.1 Å². The number of hydrogen-bond donors (Lipinski definition) is 2. The standard InChI is InChI=1S/C12H11N3O3S/c13-9(16)7-19-12-14-10(17)6-11(18)15(12)8-4-2-1-3-5-8/h1-6,17H,7H2,(H2,13,16). The quantitative estimate of drug-likeness (QED) is 0.627. The summed E-state index contributed by atoms with van der Waals surface area (Å²) < 4.78 is 1.31. The van der Waals surface area contributed by atoms with Crippen molar-refractivity contribution in [2.24, 2.45) is 5.73 Å². The van der Waals surface area contributed by atoms with Crippen LogP contribution >= 0.6 is 11.8 Å². The predicted octanol–water partition coefficient (Wildman–Crippen LogP) is 0.515. The fraction of sp³-hybridized carbons (Fsp3) is 0.0833. The van der Waals surface area contributed by atoms with Crippen LogP contribution < -0.4 is 11.3 Å². The van der Waals surface area contributed by atoms with Crippen LogP contribution in [0.1, 0.15) is 0 Å². The summed E-state index contributed by atoms with van der Waals surface area (Å²) in [6.45, 7) is 0. The molecule has 0 saturated carbocycles. The number of aromatic hydroxyl groups is 1. The van der Waals surface area contributed by atoms with Crippen LogP contribution in [-0.2, 0) is 4.79 Å². The molecule has 19 heavy (non-hydrogen) atoms. The number of nitrogens with zero attached hydrogens (tertiary/aromatic N) is 2. The number of aromatic nitrogens is 2. The lowest BCUT2D eigenvalue weighted by Gasteiger charge is -2.10. The zero-order valence-corrected chi connectivity index (χ0v) is 10.6. The topological polar surface area (TPSA) is 98.2 Å². The first kappa shape index (κ1) is 13.2. The summed E-state index contributed by atoms with van der Waals surface area (Å²) in [6.07, 6.45) is 0. The summed E-state index contributed by atoms with van der Waals surface area (Å²) in [6, 6.07) is 9.84. The lowest BCUT2D eigenvalue weighted by Crippen LogP contribution is -2.21. The van der Waals surface area contributed by atoms with Crippen molar-refractivity contribution in [1.82, 2.24) is 9.55 Å². The molecule has 0 aliphatic heterocycles. The van der Waals surface area contributed by atoms with Crippen molar-refractivity contribution in [3.05, 3.63) is 46.8 Å². The fourth-order valence-electron chi connectivity index (χ4n) is 1.50. The molecule has 2 aromatic rings. The Kier molecular flexibility index (Phi) is 3.86. The van der Waals surface area contributed by atoms with Gasteiger partial charge in [0.15, 0.2) is 5.16 Å². The van der Waals surface area contributed by atoms with Crippen molar-refractivity contribution in [3.8, 4) is 11.6 Å². The van der Waals surface area contributed by atoms with Crippen molar-refractivity contribution in [2.45, 2.75) is 5.16 Å². The lowest BCUT2D eigenvalue weighted by molar-refractivity contribution is -0.115. The van der Waals surface area contributed by atoms with Crippen LogP contribution in [0.2, 0.25) is 0 Å². The first-order valence-electron chi connectivity index (χ1n) is 5.37. The van der Waals surface area contributed by atoms with Crippen LogP contribution in [-0.4, -0.2) is 26.3 Å². The lowest BCUT2D eigenvalue weighted by atomic mass is 10.3. The Bertz CT molecular complexity index is 655. The van der Waals surface area contributed by atoms with Gasteiger partial charge >= 0.3 is 0 Å². The molecule has 1 heterocycles. The normalized spacial score (nSPS) is 10.3. The number of carbonyl (C=O) groups is 1. The molecule has 98 valence electrons. The molecule has 7 heteroatoms. The number of nitrogens with two attached hydrogens (primary N) is 1. The van der Waals surface area contributed by atoms with Crippen LogP contribution in [0.5, 0.6) is 5.88 Å². The molecule has 0 atom stereocenters. The number of para-hydroxylation sites is 1.